The predicted molar refractivity (Wildman–Crippen MR) is 91.0 cm³/mol. The van der Waals surface area contributed by atoms with Gasteiger partial charge in [-0.3, -0.25) is 9.59 Å². The molecule has 2 amide bonds. The number of hydrogen-bond acceptors (Lipinski definition) is 3. The van der Waals surface area contributed by atoms with E-state index < -0.39 is 17.2 Å². The van der Waals surface area contributed by atoms with E-state index in [-0.39, 0.29) is 23.7 Å². The lowest BCUT2D eigenvalue weighted by Gasteiger charge is -2.32. The van der Waals surface area contributed by atoms with Crippen molar-refractivity contribution in [3.05, 3.63) is 35.9 Å². The summed E-state index contributed by atoms with van der Waals surface area (Å²) in [5.74, 6) is -1.13. The summed E-state index contributed by atoms with van der Waals surface area (Å²) in [6.07, 6.45) is 2.20. The van der Waals surface area contributed by atoms with E-state index in [9.17, 15) is 22.8 Å². The van der Waals surface area contributed by atoms with E-state index in [1.54, 1.807) is 0 Å². The highest BCUT2D eigenvalue weighted by Gasteiger charge is 2.31. The van der Waals surface area contributed by atoms with Gasteiger partial charge in [0.25, 0.3) is 0 Å². The van der Waals surface area contributed by atoms with Gasteiger partial charge in [0.1, 0.15) is 0 Å². The van der Waals surface area contributed by atoms with Crippen LogP contribution in [0.1, 0.15) is 24.8 Å². The summed E-state index contributed by atoms with van der Waals surface area (Å²) in [6, 6.07) is 9.69. The van der Waals surface area contributed by atoms with Crippen molar-refractivity contribution in [3.8, 4) is 0 Å². The van der Waals surface area contributed by atoms with Gasteiger partial charge in [0.2, 0.25) is 11.8 Å². The zero-order chi connectivity index (χ0) is 18.3. The van der Waals surface area contributed by atoms with Gasteiger partial charge in [0.05, 0.1) is 5.75 Å². The number of carbonyl (C=O) groups excluding carboxylic acids is 2. The lowest BCUT2D eigenvalue weighted by atomic mass is 10.0. The van der Waals surface area contributed by atoms with E-state index in [1.807, 2.05) is 30.3 Å². The first kappa shape index (κ1) is 19.6. The largest absolute Gasteiger partial charge is 0.442 e. The number of hydrogen-bond donors (Lipinski definition) is 1. The third kappa shape index (κ3) is 7.37. The summed E-state index contributed by atoms with van der Waals surface area (Å²) in [7, 11) is 0. The molecular formula is C17H21F3N2O2S. The van der Waals surface area contributed by atoms with Crippen molar-refractivity contribution in [1.82, 2.24) is 10.2 Å². The van der Waals surface area contributed by atoms with E-state index in [2.05, 4.69) is 5.32 Å². The Morgan fingerprint density at radius 2 is 1.80 bits per heavy atom. The Bertz CT molecular complexity index is 573. The van der Waals surface area contributed by atoms with Gasteiger partial charge in [-0.2, -0.15) is 13.2 Å². The third-order valence-corrected chi connectivity index (χ3v) is 4.77. The highest BCUT2D eigenvalue weighted by Crippen LogP contribution is 2.30. The Balaban J connectivity index is 1.66. The zero-order valence-corrected chi connectivity index (χ0v) is 14.5. The van der Waals surface area contributed by atoms with Gasteiger partial charge in [-0.25, -0.2) is 0 Å². The van der Waals surface area contributed by atoms with Gasteiger partial charge >= 0.3 is 5.51 Å². The van der Waals surface area contributed by atoms with Crippen molar-refractivity contribution < 1.29 is 22.8 Å². The van der Waals surface area contributed by atoms with Crippen LogP contribution in [0.2, 0.25) is 0 Å². The van der Waals surface area contributed by atoms with Crippen LogP contribution in [0.5, 0.6) is 0 Å². The van der Waals surface area contributed by atoms with Crippen molar-refractivity contribution in [1.29, 1.82) is 0 Å². The molecule has 1 N–H and O–H groups in total. The quantitative estimate of drug-likeness (QED) is 0.833. The third-order valence-electron chi connectivity index (χ3n) is 4.06. The summed E-state index contributed by atoms with van der Waals surface area (Å²) >= 11 is -0.310. The van der Waals surface area contributed by atoms with Crippen LogP contribution < -0.4 is 5.32 Å². The van der Waals surface area contributed by atoms with Crippen LogP contribution in [0, 0.1) is 0 Å². The fraction of sp³-hybridized carbons (Fsp3) is 0.529. The van der Waals surface area contributed by atoms with E-state index in [1.165, 1.54) is 4.90 Å². The predicted octanol–water partition coefficient (Wildman–Crippen LogP) is 2.98. The molecule has 1 aromatic carbocycles. The molecule has 0 atom stereocenters. The van der Waals surface area contributed by atoms with Crippen LogP contribution in [-0.2, 0) is 16.0 Å². The highest BCUT2D eigenvalue weighted by atomic mass is 32.2. The first-order chi connectivity index (χ1) is 11.8. The number of alkyl halides is 3. The fourth-order valence-corrected chi connectivity index (χ4v) is 3.18. The molecule has 138 valence electrons. The van der Waals surface area contributed by atoms with E-state index in [0.29, 0.717) is 38.8 Å². The summed E-state index contributed by atoms with van der Waals surface area (Å²) in [4.78, 5) is 25.2. The Hall–Kier alpha value is -1.70. The maximum Gasteiger partial charge on any atom is 0.442 e. The molecule has 0 spiro atoms. The van der Waals surface area contributed by atoms with Crippen LogP contribution in [0.4, 0.5) is 13.2 Å². The number of likely N-dealkylation sites (tertiary alicyclic amines) is 1. The molecule has 1 aromatic rings. The molecule has 0 bridgehead atoms. The fourth-order valence-electron chi connectivity index (χ4n) is 2.71. The minimum Gasteiger partial charge on any atom is -0.353 e. The molecule has 2 rings (SSSR count). The maximum atomic E-state index is 12.1. The summed E-state index contributed by atoms with van der Waals surface area (Å²) < 4.78 is 36.4. The van der Waals surface area contributed by atoms with Gasteiger partial charge < -0.3 is 10.2 Å². The first-order valence-electron chi connectivity index (χ1n) is 8.15. The molecule has 0 unspecified atom stereocenters. The molecule has 0 aromatic heterocycles. The molecule has 0 aliphatic carbocycles. The van der Waals surface area contributed by atoms with Gasteiger partial charge in [0.15, 0.2) is 0 Å². The van der Waals surface area contributed by atoms with E-state index >= 15 is 0 Å². The normalized spacial score (nSPS) is 15.9. The van der Waals surface area contributed by atoms with Crippen molar-refractivity contribution in [2.24, 2.45) is 0 Å². The lowest BCUT2D eigenvalue weighted by molar-refractivity contribution is -0.129. The number of amides is 2. The number of aryl methyl sites for hydroxylation is 1. The Morgan fingerprint density at radius 1 is 1.16 bits per heavy atom. The molecule has 0 radical (unpaired) electrons. The molecule has 1 heterocycles. The number of nitrogens with one attached hydrogen (secondary N) is 1. The van der Waals surface area contributed by atoms with Gasteiger partial charge in [-0.15, -0.1) is 0 Å². The molecule has 25 heavy (non-hydrogen) atoms. The van der Waals surface area contributed by atoms with E-state index in [0.717, 1.165) is 5.56 Å². The van der Waals surface area contributed by atoms with Gasteiger partial charge in [-0.1, -0.05) is 30.3 Å². The standard InChI is InChI=1S/C17H21F3N2O2S/c18-17(19,20)25-12-16(24)22-10-8-14(9-11-22)21-15(23)7-6-13-4-2-1-3-5-13/h1-5,14H,6-12H2,(H,21,23). The minimum atomic E-state index is -4.39. The maximum absolute atomic E-state index is 12.1. The van der Waals surface area contributed by atoms with Crippen LogP contribution >= 0.6 is 11.8 Å². The molecule has 1 saturated heterocycles. The number of carbonyl (C=O) groups is 2. The number of halogens is 3. The van der Waals surface area contributed by atoms with Crippen molar-refractivity contribution in [3.63, 3.8) is 0 Å². The van der Waals surface area contributed by atoms with Crippen LogP contribution in [0.25, 0.3) is 0 Å². The smallest absolute Gasteiger partial charge is 0.353 e. The van der Waals surface area contributed by atoms with Crippen LogP contribution in [0.3, 0.4) is 0 Å². The Labute approximate surface area is 149 Å². The second kappa shape index (κ2) is 9.12. The van der Waals surface area contributed by atoms with Crippen LogP contribution in [0.15, 0.2) is 30.3 Å². The number of rotatable bonds is 6. The summed E-state index contributed by atoms with van der Waals surface area (Å²) in [6.45, 7) is 0.752. The van der Waals surface area contributed by atoms with Crippen molar-refractivity contribution >= 4 is 23.6 Å². The van der Waals surface area contributed by atoms with Crippen molar-refractivity contribution in [2.45, 2.75) is 37.2 Å². The zero-order valence-electron chi connectivity index (χ0n) is 13.7. The summed E-state index contributed by atoms with van der Waals surface area (Å²) in [5.41, 5.74) is -3.29. The number of benzene rings is 1. The monoisotopic (exact) mass is 374 g/mol. The lowest BCUT2D eigenvalue weighted by Crippen LogP contribution is -2.47. The molecule has 0 saturated carbocycles. The number of thioether (sulfide) groups is 1. The molecular weight excluding hydrogens is 353 g/mol. The topological polar surface area (TPSA) is 49.4 Å². The summed E-state index contributed by atoms with van der Waals surface area (Å²) in [5, 5.41) is 2.94. The molecule has 1 fully saturated rings. The van der Waals surface area contributed by atoms with E-state index in [4.69, 9.17) is 0 Å². The number of nitrogens with zero attached hydrogens (tertiary/aromatic N) is 1. The molecule has 1 aliphatic heterocycles. The average molecular weight is 374 g/mol. The van der Waals surface area contributed by atoms with Crippen LogP contribution in [-0.4, -0.2) is 47.1 Å². The highest BCUT2D eigenvalue weighted by molar-refractivity contribution is 8.00. The van der Waals surface area contributed by atoms with Gasteiger partial charge in [0, 0.05) is 25.6 Å². The van der Waals surface area contributed by atoms with Gasteiger partial charge in [-0.05, 0) is 36.6 Å². The minimum absolute atomic E-state index is 0.0254. The molecule has 1 aliphatic rings. The molecule has 8 heteroatoms. The average Bonchev–Trinajstić information content (AvgIpc) is 2.59. The second-order valence-electron chi connectivity index (χ2n) is 5.94. The second-order valence-corrected chi connectivity index (χ2v) is 6.98. The number of piperidine rings is 1. The van der Waals surface area contributed by atoms with Crippen molar-refractivity contribution in [2.75, 3.05) is 18.8 Å². The Morgan fingerprint density at radius 3 is 2.40 bits per heavy atom. The molecule has 4 nitrogen and oxygen atoms in total. The first-order valence-corrected chi connectivity index (χ1v) is 9.14. The SMILES string of the molecule is O=C(CCc1ccccc1)NC1CCN(C(=O)CSC(F)(F)F)CC1. The Kier molecular flexibility index (Phi) is 7.16.